The summed E-state index contributed by atoms with van der Waals surface area (Å²) in [6.45, 7) is 0. The molecule has 31 heavy (non-hydrogen) atoms. The van der Waals surface area contributed by atoms with Crippen molar-refractivity contribution in [1.29, 1.82) is 0 Å². The number of carbonyl (C=O) groups excluding carboxylic acids is 1. The molecule has 0 aliphatic heterocycles. The van der Waals surface area contributed by atoms with Gasteiger partial charge in [-0.3, -0.25) is 9.78 Å². The Bertz CT molecular complexity index is 1100. The van der Waals surface area contributed by atoms with E-state index in [0.29, 0.717) is 18.1 Å². The molecular formula is C27H27ClFNO. The first-order valence-electron chi connectivity index (χ1n) is 11.4. The van der Waals surface area contributed by atoms with Crippen LogP contribution in [0.3, 0.4) is 0 Å². The van der Waals surface area contributed by atoms with Gasteiger partial charge in [-0.1, -0.05) is 23.7 Å². The molecule has 2 aliphatic rings. The minimum atomic E-state index is -0.208. The number of ketones is 1. The van der Waals surface area contributed by atoms with Crippen LogP contribution in [0.5, 0.6) is 0 Å². The third-order valence-electron chi connectivity index (χ3n) is 7.54. The van der Waals surface area contributed by atoms with Crippen molar-refractivity contribution in [3.05, 3.63) is 76.7 Å². The molecule has 1 aromatic heterocycles. The van der Waals surface area contributed by atoms with Gasteiger partial charge in [0.2, 0.25) is 0 Å². The maximum Gasteiger partial charge on any atom is 0.136 e. The fourth-order valence-electron chi connectivity index (χ4n) is 5.65. The predicted octanol–water partition coefficient (Wildman–Crippen LogP) is 7.28. The number of rotatable bonds is 6. The van der Waals surface area contributed by atoms with Crippen LogP contribution in [-0.4, -0.2) is 10.8 Å². The van der Waals surface area contributed by atoms with Crippen molar-refractivity contribution in [3.63, 3.8) is 0 Å². The summed E-state index contributed by atoms with van der Waals surface area (Å²) in [7, 11) is 0. The Morgan fingerprint density at radius 1 is 1.10 bits per heavy atom. The molecule has 0 amide bonds. The Labute approximate surface area is 187 Å². The zero-order chi connectivity index (χ0) is 21.4. The quantitative estimate of drug-likeness (QED) is 0.407. The molecule has 0 bridgehead atoms. The number of halogens is 2. The van der Waals surface area contributed by atoms with Gasteiger partial charge in [0.1, 0.15) is 11.6 Å². The summed E-state index contributed by atoms with van der Waals surface area (Å²) in [5.74, 6) is 0.925. The standard InChI is InChI=1S/C27H27ClFNO/c28-20-6-4-18(5-7-20)2-1-3-26(31)24-17-27(24)13-10-19(11-14-27)22-12-15-30-25-9-8-21(29)16-23(22)25/h4-9,12,15-16,19,24H,1-3,10-11,13-14,17H2. The molecule has 1 spiro atoms. The molecule has 2 saturated carbocycles. The summed E-state index contributed by atoms with van der Waals surface area (Å²) in [6, 6.07) is 14.8. The van der Waals surface area contributed by atoms with Gasteiger partial charge in [0.05, 0.1) is 5.52 Å². The Morgan fingerprint density at radius 3 is 2.65 bits per heavy atom. The van der Waals surface area contributed by atoms with Crippen LogP contribution in [-0.2, 0) is 11.2 Å². The largest absolute Gasteiger partial charge is 0.299 e. The smallest absolute Gasteiger partial charge is 0.136 e. The van der Waals surface area contributed by atoms with E-state index >= 15 is 0 Å². The third-order valence-corrected chi connectivity index (χ3v) is 7.79. The van der Waals surface area contributed by atoms with Crippen molar-refractivity contribution in [2.24, 2.45) is 11.3 Å². The Kier molecular flexibility index (Phi) is 5.56. The predicted molar refractivity (Wildman–Crippen MR) is 123 cm³/mol. The van der Waals surface area contributed by atoms with Crippen LogP contribution in [0.1, 0.15) is 62.0 Å². The zero-order valence-corrected chi connectivity index (χ0v) is 18.4. The second kappa shape index (κ2) is 8.35. The van der Waals surface area contributed by atoms with Gasteiger partial charge in [0.15, 0.2) is 0 Å². The van der Waals surface area contributed by atoms with Crippen LogP contribution in [0, 0.1) is 17.2 Å². The molecule has 1 heterocycles. The molecule has 0 N–H and O–H groups in total. The highest BCUT2D eigenvalue weighted by atomic mass is 35.5. The highest BCUT2D eigenvalue weighted by Gasteiger charge is 2.57. The summed E-state index contributed by atoms with van der Waals surface area (Å²) in [6.07, 6.45) is 9.76. The van der Waals surface area contributed by atoms with Gasteiger partial charge in [-0.15, -0.1) is 0 Å². The van der Waals surface area contributed by atoms with Gasteiger partial charge in [0, 0.05) is 28.9 Å². The fourth-order valence-corrected chi connectivity index (χ4v) is 5.77. The first kappa shape index (κ1) is 20.6. The minimum absolute atomic E-state index is 0.208. The van der Waals surface area contributed by atoms with Crippen molar-refractivity contribution in [3.8, 4) is 0 Å². The van der Waals surface area contributed by atoms with Gasteiger partial charge in [-0.2, -0.15) is 0 Å². The SMILES string of the molecule is O=C(CCCc1ccc(Cl)cc1)C1CC12CCC(c1ccnc3ccc(F)cc13)CC2. The van der Waals surface area contributed by atoms with E-state index in [1.54, 1.807) is 12.1 Å². The molecule has 160 valence electrons. The first-order valence-corrected chi connectivity index (χ1v) is 11.7. The molecule has 2 fully saturated rings. The van der Waals surface area contributed by atoms with E-state index in [-0.39, 0.29) is 17.2 Å². The normalized spacial score (nSPS) is 25.1. The fraction of sp³-hybridized carbons (Fsp3) is 0.407. The second-order valence-electron chi connectivity index (χ2n) is 9.40. The number of fused-ring (bicyclic) bond motifs is 1. The molecule has 0 saturated heterocycles. The summed E-state index contributed by atoms with van der Waals surface area (Å²) in [5, 5.41) is 1.69. The lowest BCUT2D eigenvalue weighted by molar-refractivity contribution is -0.121. The van der Waals surface area contributed by atoms with E-state index in [9.17, 15) is 9.18 Å². The Balaban J connectivity index is 1.16. The number of nitrogens with zero attached hydrogens (tertiary/aromatic N) is 1. The van der Waals surface area contributed by atoms with E-state index in [2.05, 4.69) is 11.1 Å². The molecule has 2 aromatic carbocycles. The molecule has 1 unspecified atom stereocenters. The van der Waals surface area contributed by atoms with Crippen LogP contribution >= 0.6 is 11.6 Å². The van der Waals surface area contributed by atoms with Crippen molar-refractivity contribution in [1.82, 2.24) is 4.98 Å². The van der Waals surface area contributed by atoms with E-state index in [1.165, 1.54) is 17.2 Å². The molecule has 2 nitrogen and oxygen atoms in total. The van der Waals surface area contributed by atoms with Gasteiger partial charge in [-0.25, -0.2) is 4.39 Å². The van der Waals surface area contributed by atoms with Crippen molar-refractivity contribution < 1.29 is 9.18 Å². The Morgan fingerprint density at radius 2 is 1.87 bits per heavy atom. The summed E-state index contributed by atoms with van der Waals surface area (Å²) < 4.78 is 13.8. The molecule has 3 aromatic rings. The highest BCUT2D eigenvalue weighted by molar-refractivity contribution is 6.30. The lowest BCUT2D eigenvalue weighted by Gasteiger charge is -2.30. The maximum absolute atomic E-state index is 13.8. The molecule has 1 atom stereocenters. The molecule has 4 heteroatoms. The molecule has 2 aliphatic carbocycles. The number of aryl methyl sites for hydroxylation is 1. The number of hydrogen-bond acceptors (Lipinski definition) is 2. The molecular weight excluding hydrogens is 409 g/mol. The van der Waals surface area contributed by atoms with Crippen molar-refractivity contribution in [2.45, 2.75) is 57.3 Å². The van der Waals surface area contributed by atoms with E-state index in [1.807, 2.05) is 30.5 Å². The van der Waals surface area contributed by atoms with Gasteiger partial charge >= 0.3 is 0 Å². The summed E-state index contributed by atoms with van der Waals surface area (Å²) in [5.41, 5.74) is 3.55. The number of aromatic nitrogens is 1. The maximum atomic E-state index is 13.8. The van der Waals surface area contributed by atoms with Gasteiger partial charge in [0.25, 0.3) is 0 Å². The summed E-state index contributed by atoms with van der Waals surface area (Å²) >= 11 is 5.94. The number of Topliss-reactive ketones (excluding diaryl/α,β-unsaturated/α-hetero) is 1. The van der Waals surface area contributed by atoms with E-state index in [4.69, 9.17) is 11.6 Å². The number of pyridine rings is 1. The Hall–Kier alpha value is -2.26. The first-order chi connectivity index (χ1) is 15.0. The zero-order valence-electron chi connectivity index (χ0n) is 17.6. The average molecular weight is 436 g/mol. The van der Waals surface area contributed by atoms with E-state index in [0.717, 1.165) is 60.9 Å². The lowest BCUT2D eigenvalue weighted by atomic mass is 9.74. The minimum Gasteiger partial charge on any atom is -0.299 e. The van der Waals surface area contributed by atoms with Crippen molar-refractivity contribution >= 4 is 28.3 Å². The topological polar surface area (TPSA) is 30.0 Å². The van der Waals surface area contributed by atoms with Gasteiger partial charge in [-0.05, 0) is 104 Å². The highest BCUT2D eigenvalue weighted by Crippen LogP contribution is 2.64. The number of hydrogen-bond donors (Lipinski definition) is 0. The monoisotopic (exact) mass is 435 g/mol. The molecule has 5 rings (SSSR count). The number of carbonyl (C=O) groups is 1. The van der Waals surface area contributed by atoms with Crippen LogP contribution in [0.15, 0.2) is 54.7 Å². The lowest BCUT2D eigenvalue weighted by Crippen LogP contribution is -2.19. The second-order valence-corrected chi connectivity index (χ2v) is 9.84. The third kappa shape index (κ3) is 4.25. The van der Waals surface area contributed by atoms with Crippen LogP contribution in [0.25, 0.3) is 10.9 Å². The van der Waals surface area contributed by atoms with Crippen LogP contribution in [0.2, 0.25) is 5.02 Å². The van der Waals surface area contributed by atoms with Crippen LogP contribution in [0.4, 0.5) is 4.39 Å². The average Bonchev–Trinajstić information content (AvgIpc) is 3.48. The molecule has 0 radical (unpaired) electrons. The van der Waals surface area contributed by atoms with E-state index < -0.39 is 0 Å². The number of benzene rings is 2. The summed E-state index contributed by atoms with van der Waals surface area (Å²) in [4.78, 5) is 17.2. The van der Waals surface area contributed by atoms with Crippen molar-refractivity contribution in [2.75, 3.05) is 0 Å². The van der Waals surface area contributed by atoms with Crippen LogP contribution < -0.4 is 0 Å². The van der Waals surface area contributed by atoms with Gasteiger partial charge < -0.3 is 0 Å².